The van der Waals surface area contributed by atoms with Gasteiger partial charge in [-0.3, -0.25) is 4.79 Å². The van der Waals surface area contributed by atoms with Gasteiger partial charge < -0.3 is 9.80 Å². The van der Waals surface area contributed by atoms with E-state index in [4.69, 9.17) is 5.26 Å². The third-order valence-corrected chi connectivity index (χ3v) is 4.67. The highest BCUT2D eigenvalue weighted by Gasteiger charge is 2.27. The van der Waals surface area contributed by atoms with Gasteiger partial charge in [0.15, 0.2) is 0 Å². The molecule has 1 heterocycles. The summed E-state index contributed by atoms with van der Waals surface area (Å²) in [6.07, 6.45) is 4.76. The van der Waals surface area contributed by atoms with Crippen LogP contribution < -0.4 is 0 Å². The smallest absolute Gasteiger partial charge is 0.223 e. The lowest BCUT2D eigenvalue weighted by atomic mass is 9.77. The third-order valence-electron chi connectivity index (χ3n) is 4.67. The highest BCUT2D eigenvalue weighted by Crippen LogP contribution is 2.34. The maximum atomic E-state index is 12.0. The summed E-state index contributed by atoms with van der Waals surface area (Å²) in [4.78, 5) is 16.1. The molecule has 1 aliphatic heterocycles. The number of rotatable bonds is 5. The Balaban J connectivity index is 2.33. The largest absolute Gasteiger partial charge is 0.345 e. The monoisotopic (exact) mass is 293 g/mol. The highest BCUT2D eigenvalue weighted by molar-refractivity contribution is 5.76. The summed E-state index contributed by atoms with van der Waals surface area (Å²) in [5.41, 5.74) is 0.392. The van der Waals surface area contributed by atoms with Gasteiger partial charge in [0.05, 0.1) is 12.5 Å². The minimum absolute atomic E-state index is 0.155. The molecule has 21 heavy (non-hydrogen) atoms. The average molecular weight is 293 g/mol. The maximum Gasteiger partial charge on any atom is 0.223 e. The van der Waals surface area contributed by atoms with E-state index in [-0.39, 0.29) is 5.91 Å². The minimum atomic E-state index is 0.155. The van der Waals surface area contributed by atoms with Gasteiger partial charge in [-0.05, 0) is 43.7 Å². The Hall–Kier alpha value is -1.08. The second kappa shape index (κ2) is 8.38. The fourth-order valence-corrected chi connectivity index (χ4v) is 3.03. The number of likely N-dealkylation sites (tertiary alicyclic amines) is 1. The molecule has 0 N–H and O–H groups in total. The first-order valence-electron chi connectivity index (χ1n) is 8.18. The van der Waals surface area contributed by atoms with E-state index in [1.807, 2.05) is 0 Å². The molecule has 120 valence electrons. The Labute approximate surface area is 130 Å². The van der Waals surface area contributed by atoms with Crippen molar-refractivity contribution in [2.75, 3.05) is 33.2 Å². The molecular weight excluding hydrogens is 262 g/mol. The fraction of sp³-hybridized carbons (Fsp3) is 0.882. The van der Waals surface area contributed by atoms with Crippen molar-refractivity contribution in [1.82, 2.24) is 9.80 Å². The molecule has 0 aromatic carbocycles. The molecule has 1 saturated heterocycles. The zero-order valence-electron chi connectivity index (χ0n) is 14.2. The molecule has 4 heteroatoms. The zero-order chi connectivity index (χ0) is 15.9. The quantitative estimate of drug-likeness (QED) is 0.783. The number of hydrogen-bond acceptors (Lipinski definition) is 3. The maximum absolute atomic E-state index is 12.0. The number of nitriles is 1. The predicted octanol–water partition coefficient (Wildman–Crippen LogP) is 2.90. The van der Waals surface area contributed by atoms with Crippen molar-refractivity contribution in [2.24, 2.45) is 11.3 Å². The van der Waals surface area contributed by atoms with E-state index in [0.717, 1.165) is 25.6 Å². The van der Waals surface area contributed by atoms with Crippen LogP contribution in [0.25, 0.3) is 0 Å². The molecule has 0 saturated carbocycles. The van der Waals surface area contributed by atoms with Crippen molar-refractivity contribution in [3.05, 3.63) is 0 Å². The van der Waals surface area contributed by atoms with E-state index in [0.29, 0.717) is 24.8 Å². The Morgan fingerprint density at radius 3 is 2.67 bits per heavy atom. The van der Waals surface area contributed by atoms with Crippen molar-refractivity contribution in [2.45, 2.75) is 52.9 Å². The molecule has 1 fully saturated rings. The van der Waals surface area contributed by atoms with E-state index in [1.54, 1.807) is 11.9 Å². The summed E-state index contributed by atoms with van der Waals surface area (Å²) >= 11 is 0. The van der Waals surface area contributed by atoms with Gasteiger partial charge in [0.2, 0.25) is 5.91 Å². The number of nitrogens with zero attached hydrogens (tertiary/aromatic N) is 3. The van der Waals surface area contributed by atoms with E-state index < -0.39 is 0 Å². The standard InChI is InChI=1S/C17H31N3O/c1-17(2,3)15-7-5-12-20(13-8-15)14-9-16(21)19(4)11-6-10-18/h15H,5-9,11-14H2,1-4H3. The Morgan fingerprint density at radius 2 is 2.05 bits per heavy atom. The molecule has 0 spiro atoms. The lowest BCUT2D eigenvalue weighted by molar-refractivity contribution is -0.130. The first kappa shape index (κ1) is 18.0. The molecule has 0 bridgehead atoms. The number of hydrogen-bond donors (Lipinski definition) is 0. The normalized spacial score (nSPS) is 20.6. The van der Waals surface area contributed by atoms with Gasteiger partial charge in [-0.15, -0.1) is 0 Å². The summed E-state index contributed by atoms with van der Waals surface area (Å²) in [5.74, 6) is 0.943. The molecule has 1 unspecified atom stereocenters. The van der Waals surface area contributed by atoms with Crippen LogP contribution in [0, 0.1) is 22.7 Å². The van der Waals surface area contributed by atoms with Crippen molar-refractivity contribution in [3.63, 3.8) is 0 Å². The van der Waals surface area contributed by atoms with E-state index in [1.165, 1.54) is 19.3 Å². The van der Waals surface area contributed by atoms with Crippen molar-refractivity contribution < 1.29 is 4.79 Å². The van der Waals surface area contributed by atoms with Gasteiger partial charge >= 0.3 is 0 Å². The second-order valence-corrected chi connectivity index (χ2v) is 7.31. The molecule has 0 aliphatic carbocycles. The summed E-state index contributed by atoms with van der Waals surface area (Å²) in [6, 6.07) is 2.08. The van der Waals surface area contributed by atoms with Crippen LogP contribution >= 0.6 is 0 Å². The first-order valence-corrected chi connectivity index (χ1v) is 8.18. The lowest BCUT2D eigenvalue weighted by Crippen LogP contribution is -2.33. The minimum Gasteiger partial charge on any atom is -0.345 e. The van der Waals surface area contributed by atoms with Crippen molar-refractivity contribution >= 4 is 5.91 Å². The van der Waals surface area contributed by atoms with Crippen LogP contribution in [-0.4, -0.2) is 48.9 Å². The van der Waals surface area contributed by atoms with Gasteiger partial charge in [-0.2, -0.15) is 5.26 Å². The summed E-state index contributed by atoms with van der Waals surface area (Å²) in [5, 5.41) is 8.56. The van der Waals surface area contributed by atoms with Gasteiger partial charge in [-0.1, -0.05) is 20.8 Å². The van der Waals surface area contributed by atoms with E-state index in [9.17, 15) is 4.79 Å². The van der Waals surface area contributed by atoms with Gasteiger partial charge in [0.1, 0.15) is 0 Å². The van der Waals surface area contributed by atoms with Crippen LogP contribution in [0.4, 0.5) is 0 Å². The zero-order valence-corrected chi connectivity index (χ0v) is 14.2. The molecule has 1 rings (SSSR count). The number of carbonyl (C=O) groups is 1. The summed E-state index contributed by atoms with van der Waals surface area (Å²) in [7, 11) is 1.79. The first-order chi connectivity index (χ1) is 9.84. The van der Waals surface area contributed by atoms with Crippen LogP contribution in [0.15, 0.2) is 0 Å². The molecular formula is C17H31N3O. The highest BCUT2D eigenvalue weighted by atomic mass is 16.2. The second-order valence-electron chi connectivity index (χ2n) is 7.31. The number of carbonyl (C=O) groups excluding carboxylic acids is 1. The summed E-state index contributed by atoms with van der Waals surface area (Å²) in [6.45, 7) is 10.6. The SMILES string of the molecule is CN(CCC#N)C(=O)CCN1CCCC(C(C)(C)C)CC1. The predicted molar refractivity (Wildman–Crippen MR) is 85.7 cm³/mol. The van der Waals surface area contributed by atoms with Crippen LogP contribution in [0.2, 0.25) is 0 Å². The molecule has 0 aromatic rings. The third kappa shape index (κ3) is 6.48. The van der Waals surface area contributed by atoms with Gasteiger partial charge in [0, 0.05) is 26.6 Å². The van der Waals surface area contributed by atoms with E-state index in [2.05, 4.69) is 31.7 Å². The van der Waals surface area contributed by atoms with Crippen LogP contribution in [0.1, 0.15) is 52.9 Å². The van der Waals surface area contributed by atoms with Gasteiger partial charge in [0.25, 0.3) is 0 Å². The summed E-state index contributed by atoms with van der Waals surface area (Å²) < 4.78 is 0. The molecule has 1 aliphatic rings. The Kier molecular flexibility index (Phi) is 7.17. The molecule has 0 radical (unpaired) electrons. The topological polar surface area (TPSA) is 47.3 Å². The van der Waals surface area contributed by atoms with Crippen LogP contribution in [-0.2, 0) is 4.79 Å². The van der Waals surface area contributed by atoms with Crippen molar-refractivity contribution in [3.8, 4) is 6.07 Å². The fourth-order valence-electron chi connectivity index (χ4n) is 3.03. The molecule has 4 nitrogen and oxygen atoms in total. The van der Waals surface area contributed by atoms with Crippen LogP contribution in [0.3, 0.4) is 0 Å². The van der Waals surface area contributed by atoms with E-state index >= 15 is 0 Å². The van der Waals surface area contributed by atoms with Crippen LogP contribution in [0.5, 0.6) is 0 Å². The van der Waals surface area contributed by atoms with Crippen molar-refractivity contribution in [1.29, 1.82) is 5.26 Å². The lowest BCUT2D eigenvalue weighted by Gasteiger charge is -2.29. The number of amides is 1. The Bertz CT molecular complexity index is 367. The molecule has 0 aromatic heterocycles. The van der Waals surface area contributed by atoms with Gasteiger partial charge in [-0.25, -0.2) is 0 Å². The Morgan fingerprint density at radius 1 is 1.33 bits per heavy atom. The molecule has 1 atom stereocenters. The average Bonchev–Trinajstić information content (AvgIpc) is 2.67. The molecule has 1 amide bonds.